The second-order valence-corrected chi connectivity index (χ2v) is 4.15. The van der Waals surface area contributed by atoms with Gasteiger partial charge >= 0.3 is 0 Å². The highest BCUT2D eigenvalue weighted by molar-refractivity contribution is 4.84. The molecule has 3 atom stereocenters. The largest absolute Gasteiger partial charge is 0.314 e. The molecule has 0 spiro atoms. The van der Waals surface area contributed by atoms with Crippen LogP contribution in [0.25, 0.3) is 0 Å². The fourth-order valence-electron chi connectivity index (χ4n) is 2.61. The lowest BCUT2D eigenvalue weighted by Gasteiger charge is -2.24. The van der Waals surface area contributed by atoms with E-state index in [4.69, 9.17) is 0 Å². The zero-order valence-electron chi connectivity index (χ0n) is 8.77. The molecule has 0 saturated carbocycles. The van der Waals surface area contributed by atoms with Crippen molar-refractivity contribution in [3.05, 3.63) is 0 Å². The zero-order chi connectivity index (χ0) is 8.97. The van der Waals surface area contributed by atoms with Crippen LogP contribution in [0.1, 0.15) is 46.5 Å². The van der Waals surface area contributed by atoms with Crippen molar-refractivity contribution in [3.8, 4) is 0 Å². The molecule has 0 aromatic rings. The standard InChI is InChI=1S/C11H23N/c1-4-6-10(5-2)11-7-8-12-9(11)3/h9-12H,4-8H2,1-3H3. The van der Waals surface area contributed by atoms with Gasteiger partial charge in [-0.15, -0.1) is 0 Å². The lowest BCUT2D eigenvalue weighted by Crippen LogP contribution is -2.27. The summed E-state index contributed by atoms with van der Waals surface area (Å²) in [6.45, 7) is 8.23. The van der Waals surface area contributed by atoms with Crippen molar-refractivity contribution in [1.29, 1.82) is 0 Å². The van der Waals surface area contributed by atoms with Crippen molar-refractivity contribution in [2.75, 3.05) is 6.54 Å². The van der Waals surface area contributed by atoms with Gasteiger partial charge in [-0.25, -0.2) is 0 Å². The lowest BCUT2D eigenvalue weighted by atomic mass is 9.82. The molecule has 1 heterocycles. The first-order valence-corrected chi connectivity index (χ1v) is 5.53. The fourth-order valence-corrected chi connectivity index (χ4v) is 2.61. The van der Waals surface area contributed by atoms with Crippen LogP contribution in [0.3, 0.4) is 0 Å². The topological polar surface area (TPSA) is 12.0 Å². The predicted molar refractivity (Wildman–Crippen MR) is 54.3 cm³/mol. The zero-order valence-corrected chi connectivity index (χ0v) is 8.77. The van der Waals surface area contributed by atoms with Gasteiger partial charge in [0.1, 0.15) is 0 Å². The van der Waals surface area contributed by atoms with Crippen LogP contribution in [0.4, 0.5) is 0 Å². The van der Waals surface area contributed by atoms with Crippen molar-refractivity contribution in [1.82, 2.24) is 5.32 Å². The Morgan fingerprint density at radius 3 is 2.58 bits per heavy atom. The van der Waals surface area contributed by atoms with E-state index in [0.717, 1.165) is 17.9 Å². The van der Waals surface area contributed by atoms with Crippen LogP contribution in [0, 0.1) is 11.8 Å². The minimum atomic E-state index is 0.765. The Kier molecular flexibility index (Phi) is 4.07. The molecule has 0 radical (unpaired) electrons. The van der Waals surface area contributed by atoms with E-state index in [1.165, 1.54) is 32.2 Å². The quantitative estimate of drug-likeness (QED) is 0.682. The third kappa shape index (κ3) is 2.22. The van der Waals surface area contributed by atoms with Crippen molar-refractivity contribution >= 4 is 0 Å². The molecule has 3 unspecified atom stereocenters. The summed E-state index contributed by atoms with van der Waals surface area (Å²) in [4.78, 5) is 0. The smallest absolute Gasteiger partial charge is 0.00701 e. The van der Waals surface area contributed by atoms with Crippen LogP contribution in [-0.4, -0.2) is 12.6 Å². The lowest BCUT2D eigenvalue weighted by molar-refractivity contribution is 0.282. The molecule has 1 rings (SSSR count). The monoisotopic (exact) mass is 169 g/mol. The van der Waals surface area contributed by atoms with Gasteiger partial charge in [0.2, 0.25) is 0 Å². The molecule has 0 aromatic carbocycles. The molecule has 1 fully saturated rings. The van der Waals surface area contributed by atoms with E-state index in [2.05, 4.69) is 26.1 Å². The van der Waals surface area contributed by atoms with E-state index in [0.29, 0.717) is 0 Å². The summed E-state index contributed by atoms with van der Waals surface area (Å²) in [6, 6.07) is 0.765. The van der Waals surface area contributed by atoms with Gasteiger partial charge in [-0.2, -0.15) is 0 Å². The Hall–Kier alpha value is -0.0400. The molecular weight excluding hydrogens is 146 g/mol. The molecule has 12 heavy (non-hydrogen) atoms. The van der Waals surface area contributed by atoms with Crippen LogP contribution >= 0.6 is 0 Å². The first-order chi connectivity index (χ1) is 5.79. The van der Waals surface area contributed by atoms with Gasteiger partial charge in [0.05, 0.1) is 0 Å². The normalized spacial score (nSPS) is 32.2. The van der Waals surface area contributed by atoms with Gasteiger partial charge < -0.3 is 5.32 Å². The second kappa shape index (κ2) is 4.86. The molecule has 1 saturated heterocycles. The maximum absolute atomic E-state index is 3.54. The average Bonchev–Trinajstić information content (AvgIpc) is 2.47. The van der Waals surface area contributed by atoms with Gasteiger partial charge in [0.15, 0.2) is 0 Å². The molecule has 1 aliphatic heterocycles. The molecule has 1 aliphatic rings. The number of nitrogens with one attached hydrogen (secondary N) is 1. The molecule has 72 valence electrons. The molecule has 1 heteroatoms. The van der Waals surface area contributed by atoms with Gasteiger partial charge in [0.25, 0.3) is 0 Å². The Bertz CT molecular complexity index is 122. The van der Waals surface area contributed by atoms with E-state index in [-0.39, 0.29) is 0 Å². The van der Waals surface area contributed by atoms with Gasteiger partial charge in [0, 0.05) is 6.04 Å². The third-order valence-corrected chi connectivity index (χ3v) is 3.38. The molecule has 0 bridgehead atoms. The summed E-state index contributed by atoms with van der Waals surface area (Å²) in [6.07, 6.45) is 5.54. The number of hydrogen-bond acceptors (Lipinski definition) is 1. The van der Waals surface area contributed by atoms with Gasteiger partial charge in [-0.05, 0) is 31.7 Å². The van der Waals surface area contributed by atoms with E-state index in [9.17, 15) is 0 Å². The van der Waals surface area contributed by atoms with Gasteiger partial charge in [-0.1, -0.05) is 33.1 Å². The first-order valence-electron chi connectivity index (χ1n) is 5.53. The molecule has 0 amide bonds. The summed E-state index contributed by atoms with van der Waals surface area (Å²) in [5, 5.41) is 3.54. The number of rotatable bonds is 4. The predicted octanol–water partition coefficient (Wildman–Crippen LogP) is 2.81. The average molecular weight is 169 g/mol. The summed E-state index contributed by atoms with van der Waals surface area (Å²) in [5.74, 6) is 1.93. The second-order valence-electron chi connectivity index (χ2n) is 4.15. The molecule has 1 nitrogen and oxygen atoms in total. The highest BCUT2D eigenvalue weighted by Gasteiger charge is 2.28. The van der Waals surface area contributed by atoms with Gasteiger partial charge in [-0.3, -0.25) is 0 Å². The van der Waals surface area contributed by atoms with Crippen LogP contribution in [0.2, 0.25) is 0 Å². The summed E-state index contributed by atoms with van der Waals surface area (Å²) < 4.78 is 0. The maximum Gasteiger partial charge on any atom is 0.00701 e. The van der Waals surface area contributed by atoms with Crippen LogP contribution in [0.5, 0.6) is 0 Å². The summed E-state index contributed by atoms with van der Waals surface area (Å²) >= 11 is 0. The third-order valence-electron chi connectivity index (χ3n) is 3.38. The van der Waals surface area contributed by atoms with Crippen molar-refractivity contribution in [2.45, 2.75) is 52.5 Å². The molecule has 1 N–H and O–H groups in total. The Labute approximate surface area is 76.9 Å². The highest BCUT2D eigenvalue weighted by atomic mass is 14.9. The van der Waals surface area contributed by atoms with E-state index >= 15 is 0 Å². The van der Waals surface area contributed by atoms with E-state index in [1.54, 1.807) is 0 Å². The van der Waals surface area contributed by atoms with E-state index < -0.39 is 0 Å². The molecule has 0 aromatic heterocycles. The SMILES string of the molecule is CCCC(CC)C1CCNC1C. The van der Waals surface area contributed by atoms with E-state index in [1.807, 2.05) is 0 Å². The number of hydrogen-bond donors (Lipinski definition) is 1. The first kappa shape index (κ1) is 10.0. The van der Waals surface area contributed by atoms with Crippen molar-refractivity contribution < 1.29 is 0 Å². The van der Waals surface area contributed by atoms with Crippen molar-refractivity contribution in [2.24, 2.45) is 11.8 Å². The molecule has 0 aliphatic carbocycles. The highest BCUT2D eigenvalue weighted by Crippen LogP contribution is 2.29. The Balaban J connectivity index is 2.41. The Morgan fingerprint density at radius 2 is 2.17 bits per heavy atom. The van der Waals surface area contributed by atoms with Crippen LogP contribution in [0.15, 0.2) is 0 Å². The Morgan fingerprint density at radius 1 is 1.42 bits per heavy atom. The van der Waals surface area contributed by atoms with Crippen molar-refractivity contribution in [3.63, 3.8) is 0 Å². The minimum absolute atomic E-state index is 0.765. The van der Waals surface area contributed by atoms with Crippen LogP contribution in [-0.2, 0) is 0 Å². The summed E-state index contributed by atoms with van der Waals surface area (Å²) in [5.41, 5.74) is 0. The fraction of sp³-hybridized carbons (Fsp3) is 1.00. The maximum atomic E-state index is 3.54. The van der Waals surface area contributed by atoms with Crippen LogP contribution < -0.4 is 5.32 Å². The molecular formula is C11H23N. The summed E-state index contributed by atoms with van der Waals surface area (Å²) in [7, 11) is 0. The minimum Gasteiger partial charge on any atom is -0.314 e.